The molecule has 3 aromatic heterocycles. The van der Waals surface area contributed by atoms with E-state index in [-0.39, 0.29) is 64.9 Å². The summed E-state index contributed by atoms with van der Waals surface area (Å²) in [7, 11) is 2.08. The minimum Gasteiger partial charge on any atom is -0.461 e. The van der Waals surface area contributed by atoms with E-state index in [2.05, 4.69) is 44.2 Å². The van der Waals surface area contributed by atoms with Gasteiger partial charge in [-0.25, -0.2) is 18.0 Å². The first-order valence-corrected chi connectivity index (χ1v) is 19.3. The number of nitrogens with one attached hydrogen (secondary N) is 2. The Labute approximate surface area is 315 Å². The highest BCUT2D eigenvalue weighted by molar-refractivity contribution is 7.23. The number of ether oxygens (including phenoxy) is 3. The van der Waals surface area contributed by atoms with E-state index in [4.69, 9.17) is 24.2 Å². The number of fused-ring (bicyclic) bond motifs is 5. The molecule has 4 aromatic rings. The van der Waals surface area contributed by atoms with Gasteiger partial charge in [0.05, 0.1) is 47.3 Å². The summed E-state index contributed by atoms with van der Waals surface area (Å²) in [6.07, 6.45) is 3.58. The number of carbonyl (C=O) groups excluding carboxylic acids is 1. The van der Waals surface area contributed by atoms with Crippen LogP contribution >= 0.6 is 11.3 Å². The highest BCUT2D eigenvalue weighted by Gasteiger charge is 2.49. The molecule has 0 aliphatic carbocycles. The number of aromatic nitrogens is 3. The topological polar surface area (TPSA) is 126 Å². The normalized spacial score (nSPS) is 22.9. The molecule has 288 valence electrons. The lowest BCUT2D eigenvalue weighted by atomic mass is 9.93. The lowest BCUT2D eigenvalue weighted by Crippen LogP contribution is -2.43. The second kappa shape index (κ2) is 14.2. The summed E-state index contributed by atoms with van der Waals surface area (Å²) in [6, 6.07) is 0.236. The van der Waals surface area contributed by atoms with Crippen LogP contribution in [0, 0.1) is 11.6 Å². The Morgan fingerprint density at radius 3 is 2.76 bits per heavy atom. The van der Waals surface area contributed by atoms with Crippen LogP contribution in [0.3, 0.4) is 0 Å². The van der Waals surface area contributed by atoms with Crippen LogP contribution in [0.1, 0.15) is 69.6 Å². The summed E-state index contributed by atoms with van der Waals surface area (Å²) in [6.45, 7) is 12.0. The smallest absolute Gasteiger partial charge is 0.412 e. The molecule has 0 radical (unpaired) electrons. The van der Waals surface area contributed by atoms with Gasteiger partial charge in [-0.3, -0.25) is 20.2 Å². The van der Waals surface area contributed by atoms with E-state index in [1.165, 1.54) is 0 Å². The Bertz CT molecular complexity index is 2140. The zero-order valence-electron chi connectivity index (χ0n) is 31.0. The fourth-order valence-electron chi connectivity index (χ4n) is 8.63. The fraction of sp³-hybridized carbons (Fsp3) is 0.553. The number of likely N-dealkylation sites (tertiary alicyclic amines) is 1. The molecule has 54 heavy (non-hydrogen) atoms. The average molecular weight is 767 g/mol. The number of halogens is 3. The molecule has 3 atom stereocenters. The number of benzene rings is 1. The second-order valence-electron chi connectivity index (χ2n) is 15.8. The largest absolute Gasteiger partial charge is 0.461 e. The maximum atomic E-state index is 17.6. The van der Waals surface area contributed by atoms with Crippen LogP contribution in [0.5, 0.6) is 6.01 Å². The number of carbonyl (C=O) groups is 1. The van der Waals surface area contributed by atoms with Gasteiger partial charge in [0.1, 0.15) is 34.7 Å². The predicted octanol–water partition coefficient (Wildman–Crippen LogP) is 7.22. The quantitative estimate of drug-likeness (QED) is 0.160. The monoisotopic (exact) mass is 766 g/mol. The fourth-order valence-corrected chi connectivity index (χ4v) is 9.73. The molecule has 0 bridgehead atoms. The van der Waals surface area contributed by atoms with Crippen molar-refractivity contribution in [3.05, 3.63) is 34.5 Å². The van der Waals surface area contributed by atoms with Crippen LogP contribution in [0.4, 0.5) is 28.8 Å². The Morgan fingerprint density at radius 2 is 2.00 bits per heavy atom. The van der Waals surface area contributed by atoms with Crippen molar-refractivity contribution in [3.8, 4) is 17.3 Å². The molecule has 7 heterocycles. The molecular formula is C38H45F3N8O4S. The first-order chi connectivity index (χ1) is 25.9. The number of aliphatic imine (C=N–C) groups is 1. The Hall–Kier alpha value is -4.12. The van der Waals surface area contributed by atoms with Gasteiger partial charge in [-0.15, -0.1) is 11.3 Å². The van der Waals surface area contributed by atoms with Crippen molar-refractivity contribution < 1.29 is 32.2 Å². The van der Waals surface area contributed by atoms with Crippen molar-refractivity contribution in [3.63, 3.8) is 0 Å². The summed E-state index contributed by atoms with van der Waals surface area (Å²) in [5, 5.41) is 7.29. The van der Waals surface area contributed by atoms with Crippen molar-refractivity contribution in [2.75, 3.05) is 50.5 Å². The van der Waals surface area contributed by atoms with E-state index in [0.29, 0.717) is 52.8 Å². The molecule has 12 nitrogen and oxygen atoms in total. The first-order valence-electron chi connectivity index (χ1n) is 18.5. The van der Waals surface area contributed by atoms with Gasteiger partial charge in [0, 0.05) is 42.1 Å². The lowest BCUT2D eigenvalue weighted by Gasteiger charge is -2.31. The summed E-state index contributed by atoms with van der Waals surface area (Å²) in [5.41, 5.74) is 0.680. The molecule has 1 aromatic carbocycles. The zero-order valence-corrected chi connectivity index (χ0v) is 31.8. The zero-order chi connectivity index (χ0) is 37.9. The molecule has 3 saturated heterocycles. The van der Waals surface area contributed by atoms with E-state index in [1.807, 2.05) is 0 Å². The third-order valence-electron chi connectivity index (χ3n) is 11.1. The van der Waals surface area contributed by atoms with Crippen molar-refractivity contribution in [1.29, 1.82) is 0 Å². The Balaban J connectivity index is 1.28. The summed E-state index contributed by atoms with van der Waals surface area (Å²) < 4.78 is 65.7. The Kier molecular flexibility index (Phi) is 9.68. The molecular weight excluding hydrogens is 722 g/mol. The van der Waals surface area contributed by atoms with Crippen LogP contribution in [0.25, 0.3) is 32.2 Å². The third kappa shape index (κ3) is 6.64. The summed E-state index contributed by atoms with van der Waals surface area (Å²) in [4.78, 5) is 35.4. The number of hydrogen-bond donors (Lipinski definition) is 2. The molecule has 0 unspecified atom stereocenters. The van der Waals surface area contributed by atoms with E-state index >= 15 is 8.78 Å². The number of pyridine rings is 1. The number of rotatable bonds is 10. The number of thiophene rings is 1. The SMILES string of the molecule is C=NCc1c(NC(=O)OC(C)(C)C)sc2c(F)cnc(-c3c4c(c5c(NC[C@@H]6CCCN6C)nc(OC[C@@]67CCCN6C[C@H](F)C7)nc5c3F)COC4)c12. The van der Waals surface area contributed by atoms with Crippen LogP contribution < -0.4 is 15.4 Å². The van der Waals surface area contributed by atoms with E-state index in [9.17, 15) is 9.18 Å². The first kappa shape index (κ1) is 36.8. The van der Waals surface area contributed by atoms with Gasteiger partial charge in [-0.05, 0) is 84.4 Å². The maximum Gasteiger partial charge on any atom is 0.412 e. The Morgan fingerprint density at radius 1 is 1.19 bits per heavy atom. The maximum absolute atomic E-state index is 17.6. The average Bonchev–Trinajstić information content (AvgIpc) is 3.94. The van der Waals surface area contributed by atoms with E-state index in [0.717, 1.165) is 56.3 Å². The predicted molar refractivity (Wildman–Crippen MR) is 202 cm³/mol. The molecule has 4 aliphatic rings. The molecule has 16 heteroatoms. The number of likely N-dealkylation sites (N-methyl/N-ethyl adjacent to an activating group) is 1. The van der Waals surface area contributed by atoms with Gasteiger partial charge < -0.3 is 24.4 Å². The number of alkyl halides is 1. The molecule has 2 N–H and O–H groups in total. The minimum absolute atomic E-state index is 0.00194. The number of amides is 1. The van der Waals surface area contributed by atoms with E-state index in [1.54, 1.807) is 20.8 Å². The van der Waals surface area contributed by atoms with Crippen molar-refractivity contribution in [2.45, 2.75) is 96.0 Å². The van der Waals surface area contributed by atoms with Crippen LogP contribution in [-0.2, 0) is 29.2 Å². The summed E-state index contributed by atoms with van der Waals surface area (Å²) >= 11 is 0.987. The van der Waals surface area contributed by atoms with Crippen LogP contribution in [0.2, 0.25) is 0 Å². The van der Waals surface area contributed by atoms with Crippen molar-refractivity contribution >= 4 is 56.0 Å². The standard InChI is InChI=1S/C38H45F3N8O4S/c1-37(2,3)53-36(50)47-34-22(14-42-4)27-30(43-15-25(40)32(27)54-34)26-23-17-51-18-24(23)28-31(29(26)41)45-35(46-33(28)44-13-21-8-6-10-48(21)5)52-19-38-9-7-11-49(38)16-20(39)12-38/h15,20-21H,4,6-14,16-19H2,1-3,5H3,(H,47,50)(H,44,45,46)/t20-,21+,38+/m1/s1. The third-order valence-corrected chi connectivity index (χ3v) is 12.2. The highest BCUT2D eigenvalue weighted by atomic mass is 32.1. The van der Waals surface area contributed by atoms with Crippen molar-refractivity contribution in [2.24, 2.45) is 4.99 Å². The highest BCUT2D eigenvalue weighted by Crippen LogP contribution is 2.48. The van der Waals surface area contributed by atoms with Gasteiger partial charge in [-0.2, -0.15) is 9.97 Å². The molecule has 8 rings (SSSR count). The second-order valence-corrected chi connectivity index (χ2v) is 16.8. The van der Waals surface area contributed by atoms with Gasteiger partial charge in [0.15, 0.2) is 11.6 Å². The van der Waals surface area contributed by atoms with Crippen LogP contribution in [-0.4, -0.2) is 101 Å². The molecule has 4 aliphatic heterocycles. The lowest BCUT2D eigenvalue weighted by molar-refractivity contribution is 0.0636. The van der Waals surface area contributed by atoms with Crippen molar-refractivity contribution in [1.82, 2.24) is 24.8 Å². The molecule has 0 saturated carbocycles. The number of anilines is 2. The summed E-state index contributed by atoms with van der Waals surface area (Å²) in [5.74, 6) is -0.913. The molecule has 0 spiro atoms. The number of nitrogens with zero attached hydrogens (tertiary/aromatic N) is 6. The molecule has 1 amide bonds. The minimum atomic E-state index is -0.937. The van der Waals surface area contributed by atoms with Crippen LogP contribution in [0.15, 0.2) is 11.2 Å². The van der Waals surface area contributed by atoms with Gasteiger partial charge >= 0.3 is 12.1 Å². The van der Waals surface area contributed by atoms with E-state index < -0.39 is 35.0 Å². The van der Waals surface area contributed by atoms with Gasteiger partial charge in [-0.1, -0.05) is 0 Å². The molecule has 3 fully saturated rings. The van der Waals surface area contributed by atoms with Gasteiger partial charge in [0.2, 0.25) is 0 Å². The number of hydrogen-bond acceptors (Lipinski definition) is 12. The van der Waals surface area contributed by atoms with Gasteiger partial charge in [0.25, 0.3) is 0 Å².